The number of pyridine rings is 2. The lowest BCUT2D eigenvalue weighted by atomic mass is 10.0. The summed E-state index contributed by atoms with van der Waals surface area (Å²) in [6.45, 7) is 4.72. The molecule has 16 nitrogen and oxygen atoms in total. The highest BCUT2D eigenvalue weighted by molar-refractivity contribution is 14.1. The van der Waals surface area contributed by atoms with Crippen LogP contribution in [0.1, 0.15) is 50.8 Å². The number of methoxy groups -OCH3 is 2. The summed E-state index contributed by atoms with van der Waals surface area (Å²) in [5, 5.41) is 30.0. The van der Waals surface area contributed by atoms with E-state index < -0.39 is 29.0 Å². The first-order valence-electron chi connectivity index (χ1n) is 18.7. The Bertz CT molecular complexity index is 2820. The van der Waals surface area contributed by atoms with Crippen molar-refractivity contribution in [3.05, 3.63) is 105 Å². The van der Waals surface area contributed by atoms with Gasteiger partial charge >= 0.3 is 11.9 Å². The van der Waals surface area contributed by atoms with Crippen LogP contribution < -0.4 is 0 Å². The summed E-state index contributed by atoms with van der Waals surface area (Å²) in [5.74, 6) is 5.94. The number of hydrogen-bond acceptors (Lipinski definition) is 12. The Balaban J connectivity index is 0.000000173. The van der Waals surface area contributed by atoms with Crippen LogP contribution in [0.25, 0.3) is 33.2 Å². The van der Waals surface area contributed by atoms with Crippen LogP contribution in [-0.2, 0) is 19.1 Å². The molecule has 2 amide bonds. The average molecular weight is 937 g/mol. The molecule has 0 aliphatic carbocycles. The van der Waals surface area contributed by atoms with Crippen molar-refractivity contribution in [3.63, 3.8) is 0 Å². The van der Waals surface area contributed by atoms with Crippen LogP contribution in [0, 0.1) is 41.6 Å². The number of aryl methyl sites for hydroxylation is 2. The number of benzene rings is 2. The van der Waals surface area contributed by atoms with Crippen molar-refractivity contribution in [1.82, 2.24) is 39.3 Å². The topological polar surface area (TPSA) is 195 Å². The van der Waals surface area contributed by atoms with Crippen LogP contribution in [-0.4, -0.2) is 126 Å². The maximum Gasteiger partial charge on any atom is 0.359 e. The van der Waals surface area contributed by atoms with Crippen molar-refractivity contribution < 1.29 is 38.9 Å². The van der Waals surface area contributed by atoms with E-state index in [0.717, 1.165) is 31.5 Å². The lowest BCUT2D eigenvalue weighted by Crippen LogP contribution is -2.37. The Morgan fingerprint density at radius 1 is 0.754 bits per heavy atom. The molecule has 2 saturated heterocycles. The van der Waals surface area contributed by atoms with Gasteiger partial charge in [0.05, 0.1) is 49.0 Å². The van der Waals surface area contributed by atoms with E-state index in [2.05, 4.69) is 60.5 Å². The van der Waals surface area contributed by atoms with Crippen molar-refractivity contribution in [2.45, 2.75) is 37.9 Å². The Hall–Kier alpha value is -6.67. The summed E-state index contributed by atoms with van der Waals surface area (Å²) in [4.78, 5) is 58.7. The van der Waals surface area contributed by atoms with Crippen molar-refractivity contribution in [1.29, 1.82) is 0 Å². The lowest BCUT2D eigenvalue weighted by molar-refractivity contribution is -0.138. The summed E-state index contributed by atoms with van der Waals surface area (Å²) in [7, 11) is 5.92. The molecule has 2 fully saturated rings. The number of carbonyl (C=O) groups is 4. The van der Waals surface area contributed by atoms with Crippen molar-refractivity contribution >= 4 is 68.1 Å². The van der Waals surface area contributed by atoms with E-state index >= 15 is 0 Å². The molecule has 2 aliphatic heterocycles. The SMILES string of the molecule is C#C[C@]1(O)CCN(C)C1=O.COC(=O)c1nn(-c2cccc(C#C[C@]3(O)CCN(C)C3=O)c2)c2cnc(C)cc12.COC(=O)c1nn(-c2cccc(I)c2)c2cnc(C)cc12. The van der Waals surface area contributed by atoms with Gasteiger partial charge < -0.3 is 29.5 Å². The number of aliphatic hydroxyl groups is 2. The third-order valence-corrected chi connectivity index (χ3v) is 10.6. The van der Waals surface area contributed by atoms with Crippen molar-refractivity contribution in [2.24, 2.45) is 0 Å². The second-order valence-electron chi connectivity index (χ2n) is 14.3. The van der Waals surface area contributed by atoms with Gasteiger partial charge in [0.25, 0.3) is 11.8 Å². The number of likely N-dealkylation sites (tertiary alicyclic amines) is 2. The van der Waals surface area contributed by atoms with E-state index in [1.165, 1.54) is 24.0 Å². The maximum absolute atomic E-state index is 12.2. The summed E-state index contributed by atoms with van der Waals surface area (Å²) in [6, 6.07) is 18.7. The molecule has 6 aromatic rings. The molecular formula is C44H41IN8O8. The summed E-state index contributed by atoms with van der Waals surface area (Å²) < 4.78 is 14.1. The first-order chi connectivity index (χ1) is 29.0. The predicted molar refractivity (Wildman–Crippen MR) is 233 cm³/mol. The molecule has 17 heteroatoms. The van der Waals surface area contributed by atoms with E-state index in [1.54, 1.807) is 60.1 Å². The highest BCUT2D eigenvalue weighted by Crippen LogP contribution is 2.26. The van der Waals surface area contributed by atoms with Crippen molar-refractivity contribution in [3.8, 4) is 35.6 Å². The average Bonchev–Trinajstić information content (AvgIpc) is 3.98. The fraction of sp³-hybridized carbons (Fsp3) is 0.273. The highest BCUT2D eigenvalue weighted by atomic mass is 127. The number of amides is 2. The third kappa shape index (κ3) is 9.09. The molecule has 8 rings (SSSR count). The molecule has 4 aromatic heterocycles. The van der Waals surface area contributed by atoms with Crippen LogP contribution >= 0.6 is 22.6 Å². The van der Waals surface area contributed by atoms with E-state index in [-0.39, 0.29) is 18.0 Å². The number of carbonyl (C=O) groups excluding carboxylic acids is 4. The molecule has 0 spiro atoms. The fourth-order valence-electron chi connectivity index (χ4n) is 6.58. The molecule has 6 heterocycles. The van der Waals surface area contributed by atoms with Crippen LogP contribution in [0.4, 0.5) is 0 Å². The number of terminal acetylenes is 1. The monoisotopic (exact) mass is 936 g/mol. The zero-order valence-corrected chi connectivity index (χ0v) is 36.3. The molecule has 312 valence electrons. The molecular weight excluding hydrogens is 895 g/mol. The van der Waals surface area contributed by atoms with Gasteiger partial charge in [-0.15, -0.1) is 6.42 Å². The molecule has 2 atom stereocenters. The first-order valence-corrected chi connectivity index (χ1v) is 19.8. The molecule has 2 aliphatic rings. The number of halogens is 1. The minimum Gasteiger partial charge on any atom is -0.464 e. The summed E-state index contributed by atoms with van der Waals surface area (Å²) in [6.07, 6.45) is 8.97. The van der Waals surface area contributed by atoms with Crippen LogP contribution in [0.2, 0.25) is 0 Å². The Kier molecular flexibility index (Phi) is 12.9. The van der Waals surface area contributed by atoms with Gasteiger partial charge in [-0.3, -0.25) is 19.6 Å². The van der Waals surface area contributed by atoms with Gasteiger partial charge in [-0.1, -0.05) is 29.9 Å². The van der Waals surface area contributed by atoms with Crippen LogP contribution in [0.3, 0.4) is 0 Å². The molecule has 2 N–H and O–H groups in total. The normalized spacial score (nSPS) is 18.1. The first kappa shape index (κ1) is 43.9. The number of fused-ring (bicyclic) bond motifs is 2. The number of esters is 2. The highest BCUT2D eigenvalue weighted by Gasteiger charge is 2.43. The van der Waals surface area contributed by atoms with E-state index in [4.69, 9.17) is 15.9 Å². The molecule has 0 unspecified atom stereocenters. The summed E-state index contributed by atoms with van der Waals surface area (Å²) >= 11 is 2.24. The minimum atomic E-state index is -1.66. The molecule has 0 bridgehead atoms. The number of rotatable bonds is 4. The predicted octanol–water partition coefficient (Wildman–Crippen LogP) is 3.79. The fourth-order valence-corrected chi connectivity index (χ4v) is 7.11. The van der Waals surface area contributed by atoms with Crippen LogP contribution in [0.15, 0.2) is 73.1 Å². The summed E-state index contributed by atoms with van der Waals surface area (Å²) in [5.41, 5.74) is 2.48. The lowest BCUT2D eigenvalue weighted by Gasteiger charge is -2.13. The zero-order valence-electron chi connectivity index (χ0n) is 34.1. The number of likely N-dealkylation sites (N-methyl/N-ethyl adjacent to an activating group) is 2. The van der Waals surface area contributed by atoms with Gasteiger partial charge in [-0.2, -0.15) is 10.2 Å². The molecule has 0 saturated carbocycles. The molecule has 0 radical (unpaired) electrons. The molecule has 2 aromatic carbocycles. The van der Waals surface area contributed by atoms with Gasteiger partial charge in [-0.05, 0) is 85.0 Å². The van der Waals surface area contributed by atoms with E-state index in [0.29, 0.717) is 47.4 Å². The van der Waals surface area contributed by atoms with Gasteiger partial charge in [0.15, 0.2) is 11.4 Å². The Labute approximate surface area is 364 Å². The maximum atomic E-state index is 12.2. The van der Waals surface area contributed by atoms with Crippen LogP contribution in [0.5, 0.6) is 0 Å². The second-order valence-corrected chi connectivity index (χ2v) is 15.5. The zero-order chi connectivity index (χ0) is 44.2. The third-order valence-electron chi connectivity index (χ3n) is 9.98. The van der Waals surface area contributed by atoms with E-state index in [1.807, 2.05) is 50.2 Å². The second kappa shape index (κ2) is 17.9. The van der Waals surface area contributed by atoms with Gasteiger partial charge in [0.1, 0.15) is 0 Å². The van der Waals surface area contributed by atoms with Gasteiger partial charge in [0, 0.05) is 71.3 Å². The minimum absolute atomic E-state index is 0.198. The number of hydrogen-bond donors (Lipinski definition) is 2. The van der Waals surface area contributed by atoms with Gasteiger partial charge in [0.2, 0.25) is 11.2 Å². The molecule has 61 heavy (non-hydrogen) atoms. The number of aromatic nitrogens is 6. The standard InChI is InChI=1S/C22H20N4O4.C15H12IN3O2.C7H9NO2/c1-14-11-17-18(13-23-14)26(24-19(17)20(27)30-3)16-6-4-5-15(12-16)7-8-22(29)9-10-25(2)21(22)28;1-9-6-12-13(8-17-9)19(18-14(12)15(20)21-2)11-5-3-4-10(16)7-11;1-3-7(10)4-5-8(2)6(7)9/h4-6,11-13,29H,9-10H2,1-3H3;3-8H,1-2H3;1,10H,4-5H2,2H3/t22-;;7-/m0.0/s1. The van der Waals surface area contributed by atoms with Gasteiger partial charge in [-0.25, -0.2) is 19.0 Å². The largest absolute Gasteiger partial charge is 0.464 e. The van der Waals surface area contributed by atoms with Crippen molar-refractivity contribution in [2.75, 3.05) is 41.4 Å². The smallest absolute Gasteiger partial charge is 0.359 e. The quantitative estimate of drug-likeness (QED) is 0.148. The number of nitrogens with zero attached hydrogens (tertiary/aromatic N) is 8. The number of ether oxygens (including phenoxy) is 2. The Morgan fingerprint density at radius 3 is 1.66 bits per heavy atom. The Morgan fingerprint density at radius 2 is 1.23 bits per heavy atom. The van der Waals surface area contributed by atoms with E-state index in [9.17, 15) is 29.4 Å².